The Morgan fingerprint density at radius 1 is 1.09 bits per heavy atom. The van der Waals surface area contributed by atoms with Gasteiger partial charge in [-0.15, -0.1) is 0 Å². The Morgan fingerprint density at radius 3 is 2.14 bits per heavy atom. The van der Waals surface area contributed by atoms with Crippen LogP contribution in [0.3, 0.4) is 0 Å². The third-order valence-electron chi connectivity index (χ3n) is 5.03. The van der Waals surface area contributed by atoms with E-state index in [1.54, 1.807) is 0 Å². The van der Waals surface area contributed by atoms with Gasteiger partial charge in [0, 0.05) is 16.3 Å². The number of hydrogen-bond donors (Lipinski definition) is 4. The SMILES string of the molecule is O=[N+]([O-])[C@]12C=CC[C@@]([N+](=O)[O-])(C[NH+](C(CO)(CO)CO)C1)C2. The average Bonchev–Trinajstić information content (AvgIpc) is 2.49. The van der Waals surface area contributed by atoms with Gasteiger partial charge in [-0.1, -0.05) is 6.08 Å². The first kappa shape index (κ1) is 16.7. The van der Waals surface area contributed by atoms with Crippen LogP contribution in [0.25, 0.3) is 0 Å². The first-order valence-corrected chi connectivity index (χ1v) is 6.94. The Balaban J connectivity index is 2.50. The minimum absolute atomic E-state index is 0.0530. The second kappa shape index (κ2) is 5.54. The van der Waals surface area contributed by atoms with Crippen molar-refractivity contribution in [2.24, 2.45) is 0 Å². The molecule has 0 saturated carbocycles. The third kappa shape index (κ3) is 2.28. The third-order valence-corrected chi connectivity index (χ3v) is 5.03. The van der Waals surface area contributed by atoms with E-state index in [1.165, 1.54) is 12.2 Å². The fourth-order valence-electron chi connectivity index (χ4n) is 3.54. The molecule has 22 heavy (non-hydrogen) atoms. The highest BCUT2D eigenvalue weighted by molar-refractivity contribution is 5.14. The molecule has 2 bridgehead atoms. The van der Waals surface area contributed by atoms with Crippen molar-refractivity contribution in [3.8, 4) is 0 Å². The van der Waals surface area contributed by atoms with Gasteiger partial charge in [-0.05, 0) is 6.08 Å². The van der Waals surface area contributed by atoms with Gasteiger partial charge in [0.1, 0.15) is 32.8 Å². The highest BCUT2D eigenvalue weighted by atomic mass is 16.6. The molecule has 0 amide bonds. The van der Waals surface area contributed by atoms with Crippen LogP contribution in [0.15, 0.2) is 12.2 Å². The summed E-state index contributed by atoms with van der Waals surface area (Å²) in [6.07, 6.45) is 2.66. The second-order valence-corrected chi connectivity index (χ2v) is 6.34. The van der Waals surface area contributed by atoms with Gasteiger partial charge in [-0.25, -0.2) is 0 Å². The van der Waals surface area contributed by atoms with Crippen LogP contribution in [-0.4, -0.2) is 74.7 Å². The molecule has 0 aromatic carbocycles. The average molecular weight is 318 g/mol. The number of piperidine rings is 1. The number of quaternary nitrogens is 1. The summed E-state index contributed by atoms with van der Waals surface area (Å²) in [5, 5.41) is 51.7. The number of aliphatic hydroxyl groups excluding tert-OH is 3. The Kier molecular flexibility index (Phi) is 4.22. The fourth-order valence-corrected chi connectivity index (χ4v) is 3.54. The summed E-state index contributed by atoms with van der Waals surface area (Å²) in [5.74, 6) is 0. The van der Waals surface area contributed by atoms with E-state index in [-0.39, 0.29) is 30.8 Å². The molecule has 1 heterocycles. The second-order valence-electron chi connectivity index (χ2n) is 6.34. The van der Waals surface area contributed by atoms with E-state index < -0.39 is 46.3 Å². The van der Waals surface area contributed by atoms with Gasteiger partial charge >= 0.3 is 0 Å². The number of fused-ring (bicyclic) bond motifs is 2. The molecule has 0 spiro atoms. The molecule has 2 aliphatic rings. The molecule has 10 nitrogen and oxygen atoms in total. The normalized spacial score (nSPS) is 34.4. The summed E-state index contributed by atoms with van der Waals surface area (Å²) >= 11 is 0. The summed E-state index contributed by atoms with van der Waals surface area (Å²) in [4.78, 5) is 22.3. The maximum absolute atomic E-state index is 11.5. The smallest absolute Gasteiger partial charge is 0.294 e. The number of likely N-dealkylation sites (tertiary alicyclic amines) is 1. The molecule has 3 atom stereocenters. The fraction of sp³-hybridized carbons (Fsp3) is 0.833. The van der Waals surface area contributed by atoms with Crippen LogP contribution in [0, 0.1) is 20.2 Å². The van der Waals surface area contributed by atoms with E-state index in [2.05, 4.69) is 0 Å². The number of hydrogen-bond acceptors (Lipinski definition) is 7. The molecular formula is C12H20N3O7+. The van der Waals surface area contributed by atoms with Crippen molar-refractivity contribution in [1.82, 2.24) is 0 Å². The molecule has 0 aromatic rings. The minimum Gasteiger partial charge on any atom is -0.390 e. The van der Waals surface area contributed by atoms with Crippen LogP contribution in [0.2, 0.25) is 0 Å². The predicted molar refractivity (Wildman–Crippen MR) is 72.5 cm³/mol. The summed E-state index contributed by atoms with van der Waals surface area (Å²) < 4.78 is 0. The molecular weight excluding hydrogens is 298 g/mol. The largest absolute Gasteiger partial charge is 0.390 e. The lowest BCUT2D eigenvalue weighted by Crippen LogP contribution is -3.26. The highest BCUT2D eigenvalue weighted by Gasteiger charge is 2.67. The number of aliphatic hydroxyl groups is 3. The van der Waals surface area contributed by atoms with Gasteiger partial charge in [0.15, 0.2) is 12.1 Å². The van der Waals surface area contributed by atoms with Crippen LogP contribution in [0.4, 0.5) is 0 Å². The maximum Gasteiger partial charge on any atom is 0.294 e. The zero-order chi connectivity index (χ0) is 16.6. The quantitative estimate of drug-likeness (QED) is 0.231. The van der Waals surface area contributed by atoms with Gasteiger partial charge in [0.2, 0.25) is 0 Å². The molecule has 1 saturated heterocycles. The van der Waals surface area contributed by atoms with Gasteiger partial charge < -0.3 is 20.2 Å². The van der Waals surface area contributed by atoms with Gasteiger partial charge in [-0.2, -0.15) is 0 Å². The van der Waals surface area contributed by atoms with E-state index in [0.717, 1.165) is 0 Å². The lowest BCUT2D eigenvalue weighted by Gasteiger charge is -2.47. The van der Waals surface area contributed by atoms with Crippen molar-refractivity contribution in [2.45, 2.75) is 29.5 Å². The molecule has 1 fully saturated rings. The van der Waals surface area contributed by atoms with Crippen molar-refractivity contribution in [2.75, 3.05) is 32.9 Å². The Labute approximate surface area is 126 Å². The van der Waals surface area contributed by atoms with Crippen molar-refractivity contribution in [3.05, 3.63) is 32.4 Å². The Bertz CT molecular complexity index is 499. The molecule has 124 valence electrons. The summed E-state index contributed by atoms with van der Waals surface area (Å²) in [6.45, 7) is -2.10. The molecule has 1 unspecified atom stereocenters. The zero-order valence-corrected chi connectivity index (χ0v) is 12.0. The van der Waals surface area contributed by atoms with Crippen LogP contribution >= 0.6 is 0 Å². The topological polar surface area (TPSA) is 151 Å². The van der Waals surface area contributed by atoms with Crippen molar-refractivity contribution in [1.29, 1.82) is 0 Å². The van der Waals surface area contributed by atoms with Gasteiger partial charge in [-0.3, -0.25) is 20.2 Å². The van der Waals surface area contributed by atoms with E-state index >= 15 is 0 Å². The van der Waals surface area contributed by atoms with Crippen LogP contribution < -0.4 is 4.90 Å². The molecule has 1 aliphatic carbocycles. The first-order valence-electron chi connectivity index (χ1n) is 6.94. The number of rotatable bonds is 6. The van der Waals surface area contributed by atoms with Crippen LogP contribution in [-0.2, 0) is 0 Å². The standard InChI is InChI=1S/C12H19N3O7/c16-7-12(8-17,9-18)13-5-10(14(19)20)2-1-3-11(4-10,6-13)15(21)22/h1-2,16-18H,3-9H2/p+1/t10-,11-/m0/s1. The molecule has 2 rings (SSSR count). The van der Waals surface area contributed by atoms with Crippen molar-refractivity contribution >= 4 is 0 Å². The van der Waals surface area contributed by atoms with E-state index in [4.69, 9.17) is 0 Å². The van der Waals surface area contributed by atoms with Crippen molar-refractivity contribution < 1.29 is 30.1 Å². The van der Waals surface area contributed by atoms with Crippen LogP contribution in [0.5, 0.6) is 0 Å². The lowest BCUT2D eigenvalue weighted by molar-refractivity contribution is -0.989. The minimum atomic E-state index is -1.62. The van der Waals surface area contributed by atoms with E-state index in [1.807, 2.05) is 0 Å². The first-order chi connectivity index (χ1) is 10.3. The highest BCUT2D eigenvalue weighted by Crippen LogP contribution is 2.36. The lowest BCUT2D eigenvalue weighted by atomic mass is 9.71. The predicted octanol–water partition coefficient (Wildman–Crippen LogP) is -3.02. The monoisotopic (exact) mass is 318 g/mol. The Hall–Kier alpha value is -1.62. The molecule has 4 N–H and O–H groups in total. The summed E-state index contributed by atoms with van der Waals surface area (Å²) in [5.41, 5.74) is -4.60. The zero-order valence-electron chi connectivity index (χ0n) is 12.0. The Morgan fingerprint density at radius 2 is 1.68 bits per heavy atom. The molecule has 0 aromatic heterocycles. The number of nitro groups is 2. The number of nitrogens with one attached hydrogen (secondary N) is 1. The van der Waals surface area contributed by atoms with Crippen molar-refractivity contribution in [3.63, 3.8) is 0 Å². The van der Waals surface area contributed by atoms with E-state index in [0.29, 0.717) is 0 Å². The number of nitrogens with zero attached hydrogens (tertiary/aromatic N) is 2. The molecule has 0 radical (unpaired) electrons. The van der Waals surface area contributed by atoms with Gasteiger partial charge in [0.25, 0.3) is 11.1 Å². The maximum atomic E-state index is 11.5. The van der Waals surface area contributed by atoms with Crippen LogP contribution in [0.1, 0.15) is 12.8 Å². The molecule has 10 heteroatoms. The van der Waals surface area contributed by atoms with E-state index in [9.17, 15) is 35.5 Å². The molecule has 1 aliphatic heterocycles. The van der Waals surface area contributed by atoms with Gasteiger partial charge in [0.05, 0.1) is 0 Å². The summed E-state index contributed by atoms with van der Waals surface area (Å²) in [7, 11) is 0. The summed E-state index contributed by atoms with van der Waals surface area (Å²) in [6, 6.07) is 0.